The molecular weight excluding hydrogens is 128 g/mol. The summed E-state index contributed by atoms with van der Waals surface area (Å²) >= 11 is 0. The molecule has 0 radical (unpaired) electrons. The van der Waals surface area contributed by atoms with E-state index in [1.807, 2.05) is 25.5 Å². The molecule has 4 heteroatoms. The molecule has 1 atom stereocenters. The maximum Gasteiger partial charge on any atom is 0.0973 e. The highest BCUT2D eigenvalue weighted by molar-refractivity contribution is 5.12. The number of hydrogen-bond acceptors (Lipinski definition) is 3. The normalized spacial score (nSPS) is 13.4. The van der Waals surface area contributed by atoms with Crippen LogP contribution in [-0.4, -0.2) is 12.0 Å². The molecule has 0 spiro atoms. The highest BCUT2D eigenvalue weighted by Crippen LogP contribution is 2.05. The van der Waals surface area contributed by atoms with Gasteiger partial charge in [-0.2, -0.15) is 0 Å². The Morgan fingerprint density at radius 3 is 2.90 bits per heavy atom. The van der Waals surface area contributed by atoms with Gasteiger partial charge in [-0.1, -0.05) is 0 Å². The zero-order chi connectivity index (χ0) is 7.40. The molecular formula is C6H12N4. The molecule has 0 aliphatic rings. The second-order valence-corrected chi connectivity index (χ2v) is 2.03. The SMILES string of the molecule is CNC(NN)c1cc[nH]c1. The van der Waals surface area contributed by atoms with Gasteiger partial charge in [-0.15, -0.1) is 0 Å². The molecule has 4 nitrogen and oxygen atoms in total. The van der Waals surface area contributed by atoms with Gasteiger partial charge in [-0.3, -0.25) is 5.84 Å². The molecule has 1 aromatic heterocycles. The summed E-state index contributed by atoms with van der Waals surface area (Å²) in [6.07, 6.45) is 3.78. The molecule has 0 aromatic carbocycles. The molecule has 1 unspecified atom stereocenters. The van der Waals surface area contributed by atoms with Crippen LogP contribution in [0.1, 0.15) is 11.7 Å². The number of rotatable bonds is 3. The van der Waals surface area contributed by atoms with E-state index in [9.17, 15) is 0 Å². The van der Waals surface area contributed by atoms with Crippen LogP contribution < -0.4 is 16.6 Å². The van der Waals surface area contributed by atoms with Crippen LogP contribution >= 0.6 is 0 Å². The molecule has 0 aliphatic heterocycles. The lowest BCUT2D eigenvalue weighted by molar-refractivity contribution is 0.489. The zero-order valence-corrected chi connectivity index (χ0v) is 5.89. The number of H-pyrrole nitrogens is 1. The summed E-state index contributed by atoms with van der Waals surface area (Å²) in [5.41, 5.74) is 3.72. The van der Waals surface area contributed by atoms with Crippen LogP contribution in [0.3, 0.4) is 0 Å². The van der Waals surface area contributed by atoms with Crippen LogP contribution in [0.25, 0.3) is 0 Å². The first-order valence-electron chi connectivity index (χ1n) is 3.14. The highest BCUT2D eigenvalue weighted by Gasteiger charge is 2.04. The molecule has 56 valence electrons. The van der Waals surface area contributed by atoms with E-state index in [1.54, 1.807) is 0 Å². The van der Waals surface area contributed by atoms with Crippen LogP contribution in [-0.2, 0) is 0 Å². The van der Waals surface area contributed by atoms with Gasteiger partial charge in [-0.05, 0) is 13.1 Å². The Morgan fingerprint density at radius 2 is 2.50 bits per heavy atom. The fraction of sp³-hybridized carbons (Fsp3) is 0.333. The summed E-state index contributed by atoms with van der Waals surface area (Å²) in [4.78, 5) is 2.94. The fourth-order valence-corrected chi connectivity index (χ4v) is 0.863. The largest absolute Gasteiger partial charge is 0.367 e. The summed E-state index contributed by atoms with van der Waals surface area (Å²) < 4.78 is 0. The maximum atomic E-state index is 5.25. The van der Waals surface area contributed by atoms with Crippen LogP contribution in [0.15, 0.2) is 18.5 Å². The lowest BCUT2D eigenvalue weighted by Crippen LogP contribution is -2.36. The van der Waals surface area contributed by atoms with Crippen LogP contribution in [0.4, 0.5) is 0 Å². The quantitative estimate of drug-likeness (QED) is 0.265. The summed E-state index contributed by atoms with van der Waals surface area (Å²) in [6, 6.07) is 1.96. The van der Waals surface area contributed by atoms with E-state index < -0.39 is 0 Å². The van der Waals surface area contributed by atoms with E-state index in [-0.39, 0.29) is 6.17 Å². The summed E-state index contributed by atoms with van der Waals surface area (Å²) in [7, 11) is 1.84. The second kappa shape index (κ2) is 3.36. The van der Waals surface area contributed by atoms with Crippen molar-refractivity contribution in [2.24, 2.45) is 5.84 Å². The number of nitrogens with two attached hydrogens (primary N) is 1. The minimum atomic E-state index is 0.0336. The third-order valence-electron chi connectivity index (χ3n) is 1.41. The molecule has 0 amide bonds. The first-order valence-corrected chi connectivity index (χ1v) is 3.14. The Labute approximate surface area is 59.8 Å². The minimum absolute atomic E-state index is 0.0336. The van der Waals surface area contributed by atoms with Gasteiger partial charge in [0.2, 0.25) is 0 Å². The Hall–Kier alpha value is -0.840. The molecule has 0 aliphatic carbocycles. The molecule has 5 N–H and O–H groups in total. The van der Waals surface area contributed by atoms with E-state index >= 15 is 0 Å². The Bertz CT molecular complexity index is 166. The first-order chi connectivity index (χ1) is 4.88. The number of aromatic nitrogens is 1. The van der Waals surface area contributed by atoms with Crippen LogP contribution in [0.5, 0.6) is 0 Å². The lowest BCUT2D eigenvalue weighted by Gasteiger charge is -2.11. The predicted molar refractivity (Wildman–Crippen MR) is 39.9 cm³/mol. The topological polar surface area (TPSA) is 65.9 Å². The van der Waals surface area contributed by atoms with Gasteiger partial charge in [0.1, 0.15) is 0 Å². The van der Waals surface area contributed by atoms with E-state index in [1.165, 1.54) is 0 Å². The Morgan fingerprint density at radius 1 is 1.70 bits per heavy atom. The lowest BCUT2D eigenvalue weighted by atomic mass is 10.3. The van der Waals surface area contributed by atoms with Gasteiger partial charge in [0, 0.05) is 18.0 Å². The smallest absolute Gasteiger partial charge is 0.0973 e. The van der Waals surface area contributed by atoms with E-state index in [4.69, 9.17) is 5.84 Å². The average Bonchev–Trinajstić information content (AvgIpc) is 2.43. The van der Waals surface area contributed by atoms with Gasteiger partial charge in [0.25, 0.3) is 0 Å². The minimum Gasteiger partial charge on any atom is -0.367 e. The van der Waals surface area contributed by atoms with Crippen molar-refractivity contribution in [2.75, 3.05) is 7.05 Å². The molecule has 0 bridgehead atoms. The van der Waals surface area contributed by atoms with E-state index in [0.29, 0.717) is 0 Å². The van der Waals surface area contributed by atoms with Crippen molar-refractivity contribution in [1.82, 2.24) is 15.7 Å². The van der Waals surface area contributed by atoms with Gasteiger partial charge in [0.05, 0.1) is 6.17 Å². The van der Waals surface area contributed by atoms with E-state index in [0.717, 1.165) is 5.56 Å². The van der Waals surface area contributed by atoms with Gasteiger partial charge in [0.15, 0.2) is 0 Å². The maximum absolute atomic E-state index is 5.25. The number of nitrogens with one attached hydrogen (secondary N) is 3. The number of hydrazine groups is 1. The molecule has 1 aromatic rings. The summed E-state index contributed by atoms with van der Waals surface area (Å²) in [5.74, 6) is 5.25. The fourth-order valence-electron chi connectivity index (χ4n) is 0.863. The van der Waals surface area contributed by atoms with Gasteiger partial charge >= 0.3 is 0 Å². The summed E-state index contributed by atoms with van der Waals surface area (Å²) in [5, 5.41) is 3.00. The Kier molecular flexibility index (Phi) is 2.44. The van der Waals surface area contributed by atoms with Crippen molar-refractivity contribution in [3.8, 4) is 0 Å². The number of hydrogen-bond donors (Lipinski definition) is 4. The molecule has 1 rings (SSSR count). The third kappa shape index (κ3) is 1.36. The van der Waals surface area contributed by atoms with Crippen LogP contribution in [0.2, 0.25) is 0 Å². The standard InChI is InChI=1S/C6H12N4/c1-8-6(10-7)5-2-3-9-4-5/h2-4,6,8-10H,7H2,1H3. The van der Waals surface area contributed by atoms with Crippen molar-refractivity contribution < 1.29 is 0 Å². The van der Waals surface area contributed by atoms with Crippen molar-refractivity contribution in [2.45, 2.75) is 6.17 Å². The van der Waals surface area contributed by atoms with Crippen molar-refractivity contribution >= 4 is 0 Å². The highest BCUT2D eigenvalue weighted by atomic mass is 15.3. The van der Waals surface area contributed by atoms with Gasteiger partial charge < -0.3 is 10.3 Å². The third-order valence-corrected chi connectivity index (χ3v) is 1.41. The van der Waals surface area contributed by atoms with E-state index in [2.05, 4.69) is 15.7 Å². The van der Waals surface area contributed by atoms with Gasteiger partial charge in [-0.25, -0.2) is 5.43 Å². The van der Waals surface area contributed by atoms with Crippen LogP contribution in [0, 0.1) is 0 Å². The first kappa shape index (κ1) is 7.27. The van der Waals surface area contributed by atoms with Crippen molar-refractivity contribution in [1.29, 1.82) is 0 Å². The Balaban J connectivity index is 2.64. The predicted octanol–water partition coefficient (Wildman–Crippen LogP) is -0.304. The average molecular weight is 140 g/mol. The monoisotopic (exact) mass is 140 g/mol. The van der Waals surface area contributed by atoms with Crippen molar-refractivity contribution in [3.05, 3.63) is 24.0 Å². The molecule has 0 saturated heterocycles. The molecule has 10 heavy (non-hydrogen) atoms. The molecule has 0 fully saturated rings. The zero-order valence-electron chi connectivity index (χ0n) is 5.89. The van der Waals surface area contributed by atoms with Crippen molar-refractivity contribution in [3.63, 3.8) is 0 Å². The molecule has 0 saturated carbocycles. The summed E-state index contributed by atoms with van der Waals surface area (Å²) in [6.45, 7) is 0. The molecule has 1 heterocycles. The number of aromatic amines is 1. The second-order valence-electron chi connectivity index (χ2n) is 2.03.